The molecule has 2 amide bonds. The highest BCUT2D eigenvalue weighted by molar-refractivity contribution is 5.98. The van der Waals surface area contributed by atoms with E-state index in [0.717, 1.165) is 23.9 Å². The smallest absolute Gasteiger partial charge is 0.251 e. The molecule has 0 aliphatic carbocycles. The van der Waals surface area contributed by atoms with Gasteiger partial charge in [-0.05, 0) is 37.6 Å². The van der Waals surface area contributed by atoms with Gasteiger partial charge in [-0.25, -0.2) is 0 Å². The Kier molecular flexibility index (Phi) is 3.64. The van der Waals surface area contributed by atoms with Gasteiger partial charge >= 0.3 is 0 Å². The number of carbonyl (C=O) groups is 2. The van der Waals surface area contributed by atoms with Crippen molar-refractivity contribution in [1.82, 2.24) is 15.2 Å². The molecule has 1 aromatic carbocycles. The first-order chi connectivity index (χ1) is 10.1. The van der Waals surface area contributed by atoms with Gasteiger partial charge in [-0.3, -0.25) is 9.59 Å². The lowest BCUT2D eigenvalue weighted by Crippen LogP contribution is -2.42. The number of nitrogens with one attached hydrogen (secondary N) is 2. The Hall–Kier alpha value is -2.30. The Labute approximate surface area is 123 Å². The fourth-order valence-corrected chi connectivity index (χ4v) is 2.77. The zero-order chi connectivity index (χ0) is 14.8. The fourth-order valence-electron chi connectivity index (χ4n) is 2.77. The van der Waals surface area contributed by atoms with Crippen molar-refractivity contribution in [2.75, 3.05) is 13.1 Å². The number of H-pyrrole nitrogens is 1. The van der Waals surface area contributed by atoms with E-state index >= 15 is 0 Å². The minimum atomic E-state index is -0.0998. The van der Waals surface area contributed by atoms with Crippen LogP contribution in [0.2, 0.25) is 0 Å². The highest BCUT2D eigenvalue weighted by atomic mass is 16.2. The molecule has 1 saturated heterocycles. The number of aromatic amines is 1. The minimum Gasteiger partial charge on any atom is -0.361 e. The molecule has 0 radical (unpaired) electrons. The van der Waals surface area contributed by atoms with E-state index < -0.39 is 0 Å². The van der Waals surface area contributed by atoms with E-state index in [0.29, 0.717) is 18.5 Å². The molecule has 0 spiro atoms. The van der Waals surface area contributed by atoms with Crippen LogP contribution in [0.3, 0.4) is 0 Å². The van der Waals surface area contributed by atoms with Crippen LogP contribution < -0.4 is 5.32 Å². The van der Waals surface area contributed by atoms with Gasteiger partial charge in [0, 0.05) is 48.2 Å². The predicted molar refractivity (Wildman–Crippen MR) is 81.0 cm³/mol. The van der Waals surface area contributed by atoms with Gasteiger partial charge in [0.15, 0.2) is 0 Å². The molecule has 2 N–H and O–H groups in total. The molecule has 110 valence electrons. The normalized spacial score (nSPS) is 16.4. The molecule has 1 atom stereocenters. The lowest BCUT2D eigenvalue weighted by atomic mass is 10.1. The molecule has 5 heteroatoms. The second-order valence-corrected chi connectivity index (χ2v) is 5.60. The Bertz CT molecular complexity index is 677. The van der Waals surface area contributed by atoms with Crippen molar-refractivity contribution in [2.45, 2.75) is 25.8 Å². The van der Waals surface area contributed by atoms with Crippen molar-refractivity contribution in [3.8, 4) is 0 Å². The van der Waals surface area contributed by atoms with Crippen LogP contribution in [0, 0.1) is 0 Å². The van der Waals surface area contributed by atoms with Crippen LogP contribution in [-0.2, 0) is 4.79 Å². The molecule has 2 heterocycles. The SMILES string of the molecule is CC(CN1CCCC1=O)NC(=O)c1ccc2[nH]ccc2c1. The Morgan fingerprint density at radius 2 is 2.29 bits per heavy atom. The maximum atomic E-state index is 12.3. The summed E-state index contributed by atoms with van der Waals surface area (Å²) in [4.78, 5) is 28.8. The summed E-state index contributed by atoms with van der Waals surface area (Å²) < 4.78 is 0. The Morgan fingerprint density at radius 3 is 3.05 bits per heavy atom. The molecule has 21 heavy (non-hydrogen) atoms. The third kappa shape index (κ3) is 2.91. The molecular weight excluding hydrogens is 266 g/mol. The second-order valence-electron chi connectivity index (χ2n) is 5.60. The van der Waals surface area contributed by atoms with Crippen LogP contribution in [0.1, 0.15) is 30.1 Å². The van der Waals surface area contributed by atoms with E-state index in [9.17, 15) is 9.59 Å². The molecule has 1 fully saturated rings. The van der Waals surface area contributed by atoms with Crippen molar-refractivity contribution in [2.24, 2.45) is 0 Å². The Morgan fingerprint density at radius 1 is 1.43 bits per heavy atom. The fraction of sp³-hybridized carbons (Fsp3) is 0.375. The van der Waals surface area contributed by atoms with Crippen LogP contribution in [0.25, 0.3) is 10.9 Å². The minimum absolute atomic E-state index is 0.0542. The summed E-state index contributed by atoms with van der Waals surface area (Å²) in [5.41, 5.74) is 1.66. The first-order valence-corrected chi connectivity index (χ1v) is 7.29. The van der Waals surface area contributed by atoms with E-state index in [1.807, 2.05) is 42.3 Å². The summed E-state index contributed by atoms with van der Waals surface area (Å²) in [5, 5.41) is 3.98. The zero-order valence-electron chi connectivity index (χ0n) is 12.1. The first-order valence-electron chi connectivity index (χ1n) is 7.29. The van der Waals surface area contributed by atoms with E-state index in [4.69, 9.17) is 0 Å². The van der Waals surface area contributed by atoms with E-state index in [1.165, 1.54) is 0 Å². The maximum Gasteiger partial charge on any atom is 0.251 e. The molecule has 1 aromatic heterocycles. The van der Waals surface area contributed by atoms with Gasteiger partial charge in [0.05, 0.1) is 0 Å². The summed E-state index contributed by atoms with van der Waals surface area (Å²) in [6.07, 6.45) is 3.41. The topological polar surface area (TPSA) is 65.2 Å². The van der Waals surface area contributed by atoms with Gasteiger partial charge in [-0.1, -0.05) is 0 Å². The molecule has 3 rings (SSSR count). The van der Waals surface area contributed by atoms with Crippen LogP contribution in [0.15, 0.2) is 30.5 Å². The number of likely N-dealkylation sites (tertiary alicyclic amines) is 1. The van der Waals surface area contributed by atoms with E-state index in [-0.39, 0.29) is 17.9 Å². The van der Waals surface area contributed by atoms with Crippen LogP contribution in [0.4, 0.5) is 0 Å². The quantitative estimate of drug-likeness (QED) is 0.901. The number of aromatic nitrogens is 1. The lowest BCUT2D eigenvalue weighted by molar-refractivity contribution is -0.127. The molecule has 5 nitrogen and oxygen atoms in total. The van der Waals surface area contributed by atoms with Gasteiger partial charge in [-0.2, -0.15) is 0 Å². The number of hydrogen-bond donors (Lipinski definition) is 2. The predicted octanol–water partition coefficient (Wildman–Crippen LogP) is 1.91. The summed E-state index contributed by atoms with van der Waals surface area (Å²) >= 11 is 0. The summed E-state index contributed by atoms with van der Waals surface area (Å²) in [6.45, 7) is 3.31. The Balaban J connectivity index is 1.63. The monoisotopic (exact) mass is 285 g/mol. The number of hydrogen-bond acceptors (Lipinski definition) is 2. The molecule has 1 aliphatic heterocycles. The molecule has 2 aromatic rings. The van der Waals surface area contributed by atoms with Crippen molar-refractivity contribution in [3.63, 3.8) is 0 Å². The van der Waals surface area contributed by atoms with Gasteiger partial charge in [0.25, 0.3) is 5.91 Å². The third-order valence-electron chi connectivity index (χ3n) is 3.86. The van der Waals surface area contributed by atoms with Gasteiger partial charge in [0.2, 0.25) is 5.91 Å². The highest BCUT2D eigenvalue weighted by Gasteiger charge is 2.22. The number of benzene rings is 1. The molecule has 0 bridgehead atoms. The van der Waals surface area contributed by atoms with Crippen LogP contribution >= 0.6 is 0 Å². The first kappa shape index (κ1) is 13.7. The van der Waals surface area contributed by atoms with E-state index in [2.05, 4.69) is 10.3 Å². The van der Waals surface area contributed by atoms with E-state index in [1.54, 1.807) is 0 Å². The molecule has 0 saturated carbocycles. The second kappa shape index (κ2) is 5.60. The van der Waals surface area contributed by atoms with Crippen LogP contribution in [-0.4, -0.2) is 40.8 Å². The van der Waals surface area contributed by atoms with Crippen LogP contribution in [0.5, 0.6) is 0 Å². The van der Waals surface area contributed by atoms with Gasteiger partial charge in [0.1, 0.15) is 0 Å². The summed E-state index contributed by atoms with van der Waals surface area (Å²) in [5.74, 6) is 0.0853. The lowest BCUT2D eigenvalue weighted by Gasteiger charge is -2.21. The average Bonchev–Trinajstić information content (AvgIpc) is 3.07. The summed E-state index contributed by atoms with van der Waals surface area (Å²) in [6, 6.07) is 7.47. The van der Waals surface area contributed by atoms with Crippen molar-refractivity contribution in [3.05, 3.63) is 36.0 Å². The molecule has 1 unspecified atom stereocenters. The summed E-state index contributed by atoms with van der Waals surface area (Å²) in [7, 11) is 0. The number of carbonyl (C=O) groups excluding carboxylic acids is 2. The average molecular weight is 285 g/mol. The van der Waals surface area contributed by atoms with Gasteiger partial charge < -0.3 is 15.2 Å². The molecular formula is C16H19N3O2. The molecule has 1 aliphatic rings. The number of nitrogens with zero attached hydrogens (tertiary/aromatic N) is 1. The maximum absolute atomic E-state index is 12.3. The van der Waals surface area contributed by atoms with Crippen molar-refractivity contribution >= 4 is 22.7 Å². The van der Waals surface area contributed by atoms with Crippen molar-refractivity contribution < 1.29 is 9.59 Å². The zero-order valence-corrected chi connectivity index (χ0v) is 12.1. The number of amides is 2. The highest BCUT2D eigenvalue weighted by Crippen LogP contribution is 2.14. The van der Waals surface area contributed by atoms with Crippen molar-refractivity contribution in [1.29, 1.82) is 0 Å². The number of rotatable bonds is 4. The third-order valence-corrected chi connectivity index (χ3v) is 3.86. The van der Waals surface area contributed by atoms with Gasteiger partial charge in [-0.15, -0.1) is 0 Å². The standard InChI is InChI=1S/C16H19N3O2/c1-11(10-19-8-2-3-15(19)20)18-16(21)13-4-5-14-12(9-13)6-7-17-14/h4-7,9,11,17H,2-3,8,10H2,1H3,(H,18,21). The number of fused-ring (bicyclic) bond motifs is 1. The largest absolute Gasteiger partial charge is 0.361 e.